The number of methoxy groups -OCH3 is 1. The Morgan fingerprint density at radius 1 is 1.48 bits per heavy atom. The van der Waals surface area contributed by atoms with Crippen LogP contribution in [0.2, 0.25) is 0 Å². The predicted octanol–water partition coefficient (Wildman–Crippen LogP) is 3.88. The van der Waals surface area contributed by atoms with Crippen molar-refractivity contribution in [3.63, 3.8) is 0 Å². The number of ketones is 1. The van der Waals surface area contributed by atoms with Crippen molar-refractivity contribution in [3.05, 3.63) is 28.0 Å². The van der Waals surface area contributed by atoms with Gasteiger partial charge in [0, 0.05) is 5.75 Å². The van der Waals surface area contributed by atoms with Gasteiger partial charge in [-0.1, -0.05) is 0 Å². The van der Waals surface area contributed by atoms with E-state index in [1.165, 1.54) is 31.0 Å². The third-order valence-corrected chi connectivity index (χ3v) is 4.98. The van der Waals surface area contributed by atoms with E-state index in [2.05, 4.69) is 20.9 Å². The highest BCUT2D eigenvalue weighted by molar-refractivity contribution is 9.10. The summed E-state index contributed by atoms with van der Waals surface area (Å²) in [5, 5.41) is 0. The van der Waals surface area contributed by atoms with E-state index < -0.39 is 23.5 Å². The predicted molar refractivity (Wildman–Crippen MR) is 99.1 cm³/mol. The van der Waals surface area contributed by atoms with Crippen molar-refractivity contribution in [2.75, 3.05) is 19.5 Å². The van der Waals surface area contributed by atoms with Crippen molar-refractivity contribution in [1.29, 1.82) is 0 Å². The second-order valence-electron chi connectivity index (χ2n) is 5.43. The number of carbonyl (C=O) groups is 2. The van der Waals surface area contributed by atoms with E-state index in [1.807, 2.05) is 0 Å². The van der Waals surface area contributed by atoms with Crippen LogP contribution in [0.1, 0.15) is 30.1 Å². The van der Waals surface area contributed by atoms with Crippen molar-refractivity contribution >= 4 is 45.0 Å². The molecule has 25 heavy (non-hydrogen) atoms. The van der Waals surface area contributed by atoms with Crippen LogP contribution in [-0.2, 0) is 9.53 Å². The van der Waals surface area contributed by atoms with Gasteiger partial charge in [0.25, 0.3) is 0 Å². The highest BCUT2D eigenvalue weighted by atomic mass is 79.9. The zero-order chi connectivity index (χ0) is 18.4. The van der Waals surface area contributed by atoms with Crippen LogP contribution in [0.3, 0.4) is 0 Å². The fraction of sp³-hybridized carbons (Fsp3) is 0.471. The summed E-state index contributed by atoms with van der Waals surface area (Å²) in [5.74, 6) is -3.12. The maximum Gasteiger partial charge on any atom is 0.317 e. The Kier molecular flexibility index (Phi) is 7.43. The molecule has 0 aromatic heterocycles. The van der Waals surface area contributed by atoms with Gasteiger partial charge in [-0.2, -0.15) is 0 Å². The highest BCUT2D eigenvalue weighted by Crippen LogP contribution is 2.31. The molecule has 0 N–H and O–H groups in total. The zero-order valence-electron chi connectivity index (χ0n) is 14.0. The minimum Gasteiger partial charge on any atom is -0.492 e. The quantitative estimate of drug-likeness (QED) is 0.195. The fourth-order valence-electron chi connectivity index (χ4n) is 2.08. The first-order valence-electron chi connectivity index (χ1n) is 7.85. The maximum atomic E-state index is 14.5. The van der Waals surface area contributed by atoms with Gasteiger partial charge in [0.2, 0.25) is 0 Å². The third kappa shape index (κ3) is 5.28. The number of hydrogen-bond acceptors (Lipinski definition) is 6. The van der Waals surface area contributed by atoms with E-state index in [0.717, 1.165) is 12.8 Å². The molecule has 1 aromatic rings. The normalized spacial score (nSPS) is 15.2. The van der Waals surface area contributed by atoms with Gasteiger partial charge in [0.05, 0.1) is 35.3 Å². The van der Waals surface area contributed by atoms with E-state index in [0.29, 0.717) is 10.5 Å². The molecule has 1 aromatic carbocycles. The van der Waals surface area contributed by atoms with Gasteiger partial charge < -0.3 is 9.47 Å². The molecule has 0 spiro atoms. The average molecular weight is 432 g/mol. The summed E-state index contributed by atoms with van der Waals surface area (Å²) in [6, 6.07) is 3.20. The first kappa shape index (κ1) is 19.9. The lowest BCUT2D eigenvalue weighted by molar-refractivity contribution is -0.145. The lowest BCUT2D eigenvalue weighted by atomic mass is 9.98. The van der Waals surface area contributed by atoms with Crippen molar-refractivity contribution < 1.29 is 23.5 Å². The molecule has 5 nitrogen and oxygen atoms in total. The Morgan fingerprint density at radius 2 is 2.20 bits per heavy atom. The molecular weight excluding hydrogens is 413 g/mol. The smallest absolute Gasteiger partial charge is 0.317 e. The fourth-order valence-corrected chi connectivity index (χ4v) is 3.38. The monoisotopic (exact) mass is 431 g/mol. The third-order valence-electron chi connectivity index (χ3n) is 3.56. The number of nitrogens with zero attached hydrogens (tertiary/aromatic N) is 1. The molecule has 1 saturated carbocycles. The van der Waals surface area contributed by atoms with E-state index in [1.54, 1.807) is 12.5 Å². The number of esters is 1. The molecule has 8 heteroatoms. The molecule has 0 aliphatic heterocycles. The van der Waals surface area contributed by atoms with Gasteiger partial charge in [-0.3, -0.25) is 14.6 Å². The summed E-state index contributed by atoms with van der Waals surface area (Å²) in [4.78, 5) is 29.2. The highest BCUT2D eigenvalue weighted by Gasteiger charge is 2.32. The lowest BCUT2D eigenvalue weighted by Gasteiger charge is -2.15. The minimum atomic E-state index is -1.10. The van der Waals surface area contributed by atoms with Crippen LogP contribution in [0, 0.1) is 11.7 Å². The van der Waals surface area contributed by atoms with Gasteiger partial charge >= 0.3 is 5.97 Å². The van der Waals surface area contributed by atoms with Crippen molar-refractivity contribution in [2.24, 2.45) is 10.9 Å². The Bertz CT molecular complexity index is 679. The molecule has 0 saturated heterocycles. The second-order valence-corrected chi connectivity index (χ2v) is 7.16. The average Bonchev–Trinajstić information content (AvgIpc) is 3.39. The Labute approximate surface area is 158 Å². The molecule has 1 fully saturated rings. The number of halogens is 2. The number of carbonyl (C=O) groups excluding carboxylic acids is 2. The first-order valence-corrected chi connectivity index (χ1v) is 9.69. The van der Waals surface area contributed by atoms with E-state index >= 15 is 0 Å². The summed E-state index contributed by atoms with van der Waals surface area (Å²) in [6.45, 7) is 1.81. The molecule has 1 atom stereocenters. The first-order chi connectivity index (χ1) is 12.0. The lowest BCUT2D eigenvalue weighted by Crippen LogP contribution is -2.29. The van der Waals surface area contributed by atoms with Crippen molar-refractivity contribution in [1.82, 2.24) is 0 Å². The molecule has 0 amide bonds. The molecule has 0 heterocycles. The van der Waals surface area contributed by atoms with Crippen LogP contribution in [0.25, 0.3) is 0 Å². The maximum absolute atomic E-state index is 14.5. The Hall–Kier alpha value is -1.41. The topological polar surface area (TPSA) is 65.0 Å². The molecule has 1 aliphatic rings. The Morgan fingerprint density at radius 3 is 2.80 bits per heavy atom. The Balaban J connectivity index is 2.19. The molecule has 0 bridgehead atoms. The van der Waals surface area contributed by atoms with Crippen LogP contribution in [0.15, 0.2) is 21.6 Å². The van der Waals surface area contributed by atoms with Gasteiger partial charge in [0.1, 0.15) is 5.92 Å². The van der Waals surface area contributed by atoms with Crippen molar-refractivity contribution in [3.8, 4) is 5.75 Å². The van der Waals surface area contributed by atoms with Crippen LogP contribution < -0.4 is 4.74 Å². The van der Waals surface area contributed by atoms with Crippen LogP contribution >= 0.6 is 27.7 Å². The molecule has 1 aliphatic carbocycles. The molecule has 136 valence electrons. The summed E-state index contributed by atoms with van der Waals surface area (Å²) in [7, 11) is 1.31. The number of Topliss-reactive ketones (excluding diaryl/α,β-unsaturated/α-hetero) is 1. The van der Waals surface area contributed by atoms with Gasteiger partial charge in [0.15, 0.2) is 17.3 Å². The van der Waals surface area contributed by atoms with Crippen LogP contribution in [0.4, 0.5) is 4.39 Å². The number of hydrogen-bond donors (Lipinski definition) is 0. The number of aliphatic imine (C=N–C) groups is 1. The summed E-state index contributed by atoms with van der Waals surface area (Å²) >= 11 is 4.41. The second kappa shape index (κ2) is 9.33. The van der Waals surface area contributed by atoms with E-state index in [-0.39, 0.29) is 23.7 Å². The molecule has 2 rings (SSSR count). The molecular formula is C17H19BrFNO4S. The SMILES string of the molecule is CCOC(=O)C(CSC=NC1CC1)C(=O)c1ccc(Br)c(OC)c1F. The molecule has 0 radical (unpaired) electrons. The largest absolute Gasteiger partial charge is 0.492 e. The van der Waals surface area contributed by atoms with Gasteiger partial charge in [-0.05, 0) is 47.8 Å². The van der Waals surface area contributed by atoms with Gasteiger partial charge in [-0.15, -0.1) is 11.8 Å². The van der Waals surface area contributed by atoms with Crippen molar-refractivity contribution in [2.45, 2.75) is 25.8 Å². The number of benzene rings is 1. The number of rotatable bonds is 9. The number of thioether (sulfide) groups is 1. The minimum absolute atomic E-state index is 0.0728. The van der Waals surface area contributed by atoms with Crippen LogP contribution in [-0.4, -0.2) is 42.8 Å². The van der Waals surface area contributed by atoms with E-state index in [9.17, 15) is 14.0 Å². The standard InChI is InChI=1S/C17H19BrFNO4S/c1-3-24-17(22)12(8-25-9-20-10-4-5-10)15(21)11-6-7-13(18)16(23-2)14(11)19/h6-7,9-10,12H,3-5,8H2,1-2H3. The zero-order valence-corrected chi connectivity index (χ0v) is 16.4. The van der Waals surface area contributed by atoms with Crippen LogP contribution in [0.5, 0.6) is 5.75 Å². The summed E-state index contributed by atoms with van der Waals surface area (Å²) in [5.41, 5.74) is 1.45. The van der Waals surface area contributed by atoms with Gasteiger partial charge in [-0.25, -0.2) is 4.39 Å². The molecule has 1 unspecified atom stereocenters. The number of ether oxygens (including phenoxy) is 2. The van der Waals surface area contributed by atoms with E-state index in [4.69, 9.17) is 9.47 Å². The summed E-state index contributed by atoms with van der Waals surface area (Å²) < 4.78 is 24.9. The summed E-state index contributed by atoms with van der Waals surface area (Å²) in [6.07, 6.45) is 2.14.